The molecule has 0 bridgehead atoms. The number of urea groups is 1. The predicted molar refractivity (Wildman–Crippen MR) is 107 cm³/mol. The van der Waals surface area contributed by atoms with Crippen LogP contribution in [0.4, 0.5) is 25.4 Å². The summed E-state index contributed by atoms with van der Waals surface area (Å²) in [4.78, 5) is 24.4. The van der Waals surface area contributed by atoms with Crippen LogP contribution in [-0.2, 0) is 4.74 Å². The number of benzene rings is 2. The van der Waals surface area contributed by atoms with Gasteiger partial charge in [0, 0.05) is 29.9 Å². The molecule has 4 rings (SSSR count). The molecule has 0 saturated heterocycles. The second-order valence-electron chi connectivity index (χ2n) is 7.19. The summed E-state index contributed by atoms with van der Waals surface area (Å²) >= 11 is 0. The highest BCUT2D eigenvalue weighted by atomic mass is 19.1. The van der Waals surface area contributed by atoms with E-state index in [1.807, 2.05) is 0 Å². The van der Waals surface area contributed by atoms with Gasteiger partial charge in [-0.2, -0.15) is 0 Å². The number of carbonyl (C=O) groups is 2. The molecule has 1 aliphatic carbocycles. The molecule has 1 aliphatic heterocycles. The zero-order valence-electron chi connectivity index (χ0n) is 16.2. The van der Waals surface area contributed by atoms with E-state index in [0.29, 0.717) is 29.3 Å². The average molecular weight is 415 g/mol. The fourth-order valence-corrected chi connectivity index (χ4v) is 3.54. The number of carbonyl (C=O) groups excluding carboxylic acids is 2. The van der Waals surface area contributed by atoms with Crippen LogP contribution in [0.2, 0.25) is 0 Å². The fourth-order valence-electron chi connectivity index (χ4n) is 3.54. The molecule has 8 nitrogen and oxygen atoms in total. The second kappa shape index (κ2) is 8.89. The monoisotopic (exact) mass is 415 g/mol. The van der Waals surface area contributed by atoms with Crippen molar-refractivity contribution >= 4 is 23.5 Å². The first-order valence-corrected chi connectivity index (χ1v) is 9.75. The van der Waals surface area contributed by atoms with Crippen molar-refractivity contribution in [2.24, 2.45) is 0 Å². The molecule has 1 fully saturated rings. The van der Waals surface area contributed by atoms with Gasteiger partial charge in [-0.3, -0.25) is 5.32 Å². The van der Waals surface area contributed by atoms with E-state index in [9.17, 15) is 14.0 Å². The Bertz CT molecular complexity index is 921. The molecule has 9 heteroatoms. The largest absolute Gasteiger partial charge is 0.454 e. The maximum Gasteiger partial charge on any atom is 0.411 e. The van der Waals surface area contributed by atoms with Crippen molar-refractivity contribution in [1.29, 1.82) is 0 Å². The molecule has 3 amide bonds. The molecule has 0 aromatic heterocycles. The Hall–Kier alpha value is -3.49. The lowest BCUT2D eigenvalue weighted by Gasteiger charge is -2.29. The van der Waals surface area contributed by atoms with Crippen LogP contribution >= 0.6 is 0 Å². The molecule has 1 saturated carbocycles. The topological polar surface area (TPSA) is 97.9 Å². The van der Waals surface area contributed by atoms with Gasteiger partial charge in [0.05, 0.1) is 0 Å². The van der Waals surface area contributed by atoms with Gasteiger partial charge in [-0.05, 0) is 55.7 Å². The first-order valence-electron chi connectivity index (χ1n) is 9.75. The minimum atomic E-state index is -0.600. The molecule has 30 heavy (non-hydrogen) atoms. The number of amides is 3. The Kier molecular flexibility index (Phi) is 5.87. The Morgan fingerprint density at radius 3 is 2.57 bits per heavy atom. The molecule has 0 spiro atoms. The van der Waals surface area contributed by atoms with Crippen LogP contribution in [0.15, 0.2) is 42.5 Å². The molecular weight excluding hydrogens is 393 g/mol. The molecule has 2 atom stereocenters. The number of hydrogen-bond acceptors (Lipinski definition) is 5. The average Bonchev–Trinajstić information content (AvgIpc) is 3.18. The zero-order valence-corrected chi connectivity index (χ0v) is 16.2. The standard InChI is InChI=1S/C21H22FN3O5/c22-13-4-6-14(7-5-13)25-21(27)30-17-3-1-2-15(10-17)23-20(26)24-16-8-9-18-19(11-16)29-12-28-18/h4-9,11,15,17H,1-3,10,12H2,(H,25,27)(H2,23,24,26)/t15-,17+/m1/s1. The SMILES string of the molecule is O=C(Nc1ccc2c(c1)OCO2)N[C@@H]1CCC[C@H](OC(=O)Nc2ccc(F)cc2)C1. The van der Waals surface area contributed by atoms with Gasteiger partial charge in [-0.15, -0.1) is 0 Å². The molecular formula is C21H22FN3O5. The molecule has 3 N–H and O–H groups in total. The number of nitrogens with one attached hydrogen (secondary N) is 3. The lowest BCUT2D eigenvalue weighted by molar-refractivity contribution is 0.0779. The van der Waals surface area contributed by atoms with E-state index in [0.717, 1.165) is 19.3 Å². The molecule has 0 radical (unpaired) electrons. The highest BCUT2D eigenvalue weighted by molar-refractivity contribution is 5.90. The van der Waals surface area contributed by atoms with E-state index in [2.05, 4.69) is 16.0 Å². The zero-order chi connectivity index (χ0) is 20.9. The van der Waals surface area contributed by atoms with Crippen LogP contribution in [0.1, 0.15) is 25.7 Å². The van der Waals surface area contributed by atoms with Gasteiger partial charge in [0.25, 0.3) is 0 Å². The van der Waals surface area contributed by atoms with Crippen molar-refractivity contribution in [1.82, 2.24) is 5.32 Å². The van der Waals surface area contributed by atoms with E-state index in [1.54, 1.807) is 18.2 Å². The molecule has 2 aromatic carbocycles. The number of halogens is 1. The van der Waals surface area contributed by atoms with Crippen molar-refractivity contribution in [3.05, 3.63) is 48.3 Å². The predicted octanol–water partition coefficient (Wildman–Crippen LogP) is 4.24. The van der Waals surface area contributed by atoms with Gasteiger partial charge >= 0.3 is 12.1 Å². The number of anilines is 2. The van der Waals surface area contributed by atoms with Crippen LogP contribution in [0.3, 0.4) is 0 Å². The third kappa shape index (κ3) is 5.11. The first kappa shape index (κ1) is 19.8. The number of rotatable bonds is 4. The summed E-state index contributed by atoms with van der Waals surface area (Å²) in [5, 5.41) is 8.27. The minimum absolute atomic E-state index is 0.114. The summed E-state index contributed by atoms with van der Waals surface area (Å²) in [6, 6.07) is 10.2. The number of hydrogen-bond donors (Lipinski definition) is 3. The maximum absolute atomic E-state index is 12.9. The lowest BCUT2D eigenvalue weighted by Crippen LogP contribution is -2.43. The molecule has 1 heterocycles. The van der Waals surface area contributed by atoms with Gasteiger partial charge in [-0.1, -0.05) is 0 Å². The Morgan fingerprint density at radius 2 is 1.73 bits per heavy atom. The normalized spacial score (nSPS) is 19.6. The third-order valence-electron chi connectivity index (χ3n) is 4.96. The smallest absolute Gasteiger partial charge is 0.411 e. The van der Waals surface area contributed by atoms with E-state index in [4.69, 9.17) is 14.2 Å². The fraction of sp³-hybridized carbons (Fsp3) is 0.333. The highest BCUT2D eigenvalue weighted by Gasteiger charge is 2.26. The van der Waals surface area contributed by atoms with Crippen molar-refractivity contribution in [2.45, 2.75) is 37.8 Å². The summed E-state index contributed by atoms with van der Waals surface area (Å²) in [6.07, 6.45) is 1.95. The van der Waals surface area contributed by atoms with E-state index >= 15 is 0 Å². The molecule has 0 unspecified atom stereocenters. The van der Waals surface area contributed by atoms with E-state index in [1.165, 1.54) is 24.3 Å². The van der Waals surface area contributed by atoms with Crippen molar-refractivity contribution in [3.63, 3.8) is 0 Å². The minimum Gasteiger partial charge on any atom is -0.454 e. The molecule has 2 aromatic rings. The maximum atomic E-state index is 12.9. The van der Waals surface area contributed by atoms with Gasteiger partial charge < -0.3 is 24.8 Å². The van der Waals surface area contributed by atoms with Gasteiger partial charge in [0.15, 0.2) is 11.5 Å². The molecule has 158 valence electrons. The summed E-state index contributed by atoms with van der Waals surface area (Å²) in [5.41, 5.74) is 1.05. The van der Waals surface area contributed by atoms with Crippen LogP contribution in [0.5, 0.6) is 11.5 Å². The Balaban J connectivity index is 1.24. The molecule has 2 aliphatic rings. The third-order valence-corrected chi connectivity index (χ3v) is 4.96. The van der Waals surface area contributed by atoms with Crippen molar-refractivity contribution < 1.29 is 28.2 Å². The van der Waals surface area contributed by atoms with Crippen molar-refractivity contribution in [3.8, 4) is 11.5 Å². The Morgan fingerprint density at radius 1 is 0.967 bits per heavy atom. The number of fused-ring (bicyclic) bond motifs is 1. The van der Waals surface area contributed by atoms with Crippen LogP contribution in [0, 0.1) is 5.82 Å². The second-order valence-corrected chi connectivity index (χ2v) is 7.19. The van der Waals surface area contributed by atoms with E-state index in [-0.39, 0.29) is 30.8 Å². The van der Waals surface area contributed by atoms with Crippen LogP contribution in [-0.4, -0.2) is 31.1 Å². The van der Waals surface area contributed by atoms with Crippen molar-refractivity contribution in [2.75, 3.05) is 17.4 Å². The van der Waals surface area contributed by atoms with Crippen LogP contribution < -0.4 is 25.4 Å². The Labute approximate surface area is 172 Å². The lowest BCUT2D eigenvalue weighted by atomic mass is 9.93. The summed E-state index contributed by atoms with van der Waals surface area (Å²) in [6.45, 7) is 0.170. The van der Waals surface area contributed by atoms with Gasteiger partial charge in [0.1, 0.15) is 11.9 Å². The van der Waals surface area contributed by atoms with E-state index < -0.39 is 6.09 Å². The highest BCUT2D eigenvalue weighted by Crippen LogP contribution is 2.34. The number of ether oxygens (including phenoxy) is 3. The van der Waals surface area contributed by atoms with Gasteiger partial charge in [0.2, 0.25) is 6.79 Å². The quantitative estimate of drug-likeness (QED) is 0.694. The summed E-state index contributed by atoms with van der Waals surface area (Å²) in [7, 11) is 0. The summed E-state index contributed by atoms with van der Waals surface area (Å²) in [5.74, 6) is 0.854. The van der Waals surface area contributed by atoms with Gasteiger partial charge in [-0.25, -0.2) is 14.0 Å². The van der Waals surface area contributed by atoms with Crippen LogP contribution in [0.25, 0.3) is 0 Å². The first-order chi connectivity index (χ1) is 14.5. The summed E-state index contributed by atoms with van der Waals surface area (Å²) < 4.78 is 29.0.